The minimum atomic E-state index is -0.641. The number of benzene rings is 3. The van der Waals surface area contributed by atoms with E-state index in [1.807, 2.05) is 6.07 Å². The van der Waals surface area contributed by atoms with E-state index in [0.29, 0.717) is 22.3 Å². The molecule has 4 aromatic rings. The highest BCUT2D eigenvalue weighted by Crippen LogP contribution is 2.29. The second-order valence-electron chi connectivity index (χ2n) is 6.23. The molecular weight excluding hydrogens is 375 g/mol. The van der Waals surface area contributed by atoms with Gasteiger partial charge >= 0.3 is 5.97 Å². The Labute approximate surface area is 164 Å². The Morgan fingerprint density at radius 2 is 1.72 bits per heavy atom. The number of methoxy groups -OCH3 is 1. The summed E-state index contributed by atoms with van der Waals surface area (Å²) < 4.78 is 29.2. The summed E-state index contributed by atoms with van der Waals surface area (Å²) in [6.45, 7) is 0. The highest BCUT2D eigenvalue weighted by atomic mass is 19.1. The number of para-hydroxylation sites is 1. The lowest BCUT2D eigenvalue weighted by Gasteiger charge is -2.09. The zero-order valence-electron chi connectivity index (χ0n) is 15.3. The minimum Gasteiger partial charge on any atom is -0.496 e. The number of hydrogen-bond donors (Lipinski definition) is 0. The minimum absolute atomic E-state index is 0.208. The van der Waals surface area contributed by atoms with E-state index in [1.165, 1.54) is 55.8 Å². The number of fused-ring (bicyclic) bond motifs is 1. The molecule has 0 amide bonds. The van der Waals surface area contributed by atoms with Gasteiger partial charge in [0, 0.05) is 11.6 Å². The normalized spacial score (nSPS) is 10.7. The third kappa shape index (κ3) is 3.60. The molecule has 6 heteroatoms. The molecule has 0 bridgehead atoms. The largest absolute Gasteiger partial charge is 0.496 e. The fourth-order valence-corrected chi connectivity index (χ4v) is 2.98. The van der Waals surface area contributed by atoms with Crippen LogP contribution in [0.4, 0.5) is 4.39 Å². The van der Waals surface area contributed by atoms with Crippen LogP contribution in [0.3, 0.4) is 0 Å². The zero-order valence-corrected chi connectivity index (χ0v) is 15.3. The number of esters is 1. The Balaban J connectivity index is 1.68. The third-order valence-corrected chi connectivity index (χ3v) is 4.43. The van der Waals surface area contributed by atoms with E-state index < -0.39 is 11.8 Å². The lowest BCUT2D eigenvalue weighted by Crippen LogP contribution is -2.09. The Morgan fingerprint density at radius 1 is 0.966 bits per heavy atom. The predicted molar refractivity (Wildman–Crippen MR) is 106 cm³/mol. The molecule has 144 valence electrons. The van der Waals surface area contributed by atoms with E-state index in [9.17, 15) is 14.0 Å². The summed E-state index contributed by atoms with van der Waals surface area (Å²) >= 11 is 0. The van der Waals surface area contributed by atoms with E-state index in [1.54, 1.807) is 18.2 Å². The van der Waals surface area contributed by atoms with Crippen LogP contribution in [0.1, 0.15) is 10.4 Å². The van der Waals surface area contributed by atoms with Crippen molar-refractivity contribution < 1.29 is 23.1 Å². The Kier molecular flexibility index (Phi) is 4.83. The fraction of sp³-hybridized carbons (Fsp3) is 0.0435. The van der Waals surface area contributed by atoms with Gasteiger partial charge in [0.25, 0.3) is 0 Å². The smallest absolute Gasteiger partial charge is 0.343 e. The molecule has 0 unspecified atom stereocenters. The van der Waals surface area contributed by atoms with Crippen LogP contribution in [0.15, 0.2) is 82.2 Å². The van der Waals surface area contributed by atoms with Crippen LogP contribution < -0.4 is 14.9 Å². The maximum absolute atomic E-state index is 13.0. The molecule has 1 aromatic heterocycles. The molecule has 0 N–H and O–H groups in total. The number of carbonyl (C=O) groups excluding carboxylic acids is 1. The maximum atomic E-state index is 13.0. The van der Waals surface area contributed by atoms with Gasteiger partial charge < -0.3 is 13.9 Å². The SMILES string of the molecule is COc1ccccc1-c1coc2cc(OC(=O)c3ccc(F)cc3)ccc2c1=O. The van der Waals surface area contributed by atoms with Crippen molar-refractivity contribution in [2.45, 2.75) is 0 Å². The summed E-state index contributed by atoms with van der Waals surface area (Å²) in [5, 5.41) is 0.343. The van der Waals surface area contributed by atoms with Crippen LogP contribution in [-0.4, -0.2) is 13.1 Å². The molecule has 0 fully saturated rings. The molecule has 29 heavy (non-hydrogen) atoms. The second kappa shape index (κ2) is 7.59. The van der Waals surface area contributed by atoms with Crippen LogP contribution in [0.2, 0.25) is 0 Å². The van der Waals surface area contributed by atoms with Crippen molar-refractivity contribution in [2.75, 3.05) is 7.11 Å². The number of carbonyl (C=O) groups is 1. The van der Waals surface area contributed by atoms with Crippen molar-refractivity contribution in [3.63, 3.8) is 0 Å². The lowest BCUT2D eigenvalue weighted by molar-refractivity contribution is 0.0735. The zero-order chi connectivity index (χ0) is 20.4. The molecule has 1 heterocycles. The van der Waals surface area contributed by atoms with E-state index in [0.717, 1.165) is 0 Å². The molecule has 0 spiro atoms. The average molecular weight is 390 g/mol. The van der Waals surface area contributed by atoms with Crippen LogP contribution in [-0.2, 0) is 0 Å². The molecular formula is C23H15FO5. The molecule has 0 radical (unpaired) electrons. The number of ether oxygens (including phenoxy) is 2. The van der Waals surface area contributed by atoms with Gasteiger partial charge in [0.1, 0.15) is 29.2 Å². The summed E-state index contributed by atoms with van der Waals surface area (Å²) in [6, 6.07) is 16.7. The lowest BCUT2D eigenvalue weighted by atomic mass is 10.0. The molecule has 0 aliphatic heterocycles. The van der Waals surface area contributed by atoms with Gasteiger partial charge in [0.05, 0.1) is 23.6 Å². The van der Waals surface area contributed by atoms with Crippen LogP contribution >= 0.6 is 0 Å². The standard InChI is InChI=1S/C23H15FO5/c1-27-20-5-3-2-4-17(20)19-13-28-21-12-16(10-11-18(21)22(19)25)29-23(26)14-6-8-15(24)9-7-14/h2-13H,1H3. The summed E-state index contributed by atoms with van der Waals surface area (Å²) in [7, 11) is 1.53. The highest BCUT2D eigenvalue weighted by molar-refractivity contribution is 5.92. The van der Waals surface area contributed by atoms with Crippen LogP contribution in [0.5, 0.6) is 11.5 Å². The van der Waals surface area contributed by atoms with Crippen LogP contribution in [0.25, 0.3) is 22.1 Å². The van der Waals surface area contributed by atoms with Gasteiger partial charge in [-0.15, -0.1) is 0 Å². The van der Waals surface area contributed by atoms with Crippen molar-refractivity contribution in [1.29, 1.82) is 0 Å². The quantitative estimate of drug-likeness (QED) is 0.369. The van der Waals surface area contributed by atoms with E-state index >= 15 is 0 Å². The first-order chi connectivity index (χ1) is 14.1. The van der Waals surface area contributed by atoms with Crippen LogP contribution in [0, 0.1) is 5.82 Å². The Hall–Kier alpha value is -3.93. The Morgan fingerprint density at radius 3 is 2.48 bits per heavy atom. The summed E-state index contributed by atoms with van der Waals surface area (Å²) in [6.07, 6.45) is 1.36. The van der Waals surface area contributed by atoms with Gasteiger partial charge in [-0.05, 0) is 42.5 Å². The first-order valence-corrected chi connectivity index (χ1v) is 8.73. The van der Waals surface area contributed by atoms with Gasteiger partial charge in [-0.2, -0.15) is 0 Å². The first-order valence-electron chi connectivity index (χ1n) is 8.73. The second-order valence-corrected chi connectivity index (χ2v) is 6.23. The molecule has 4 rings (SSSR count). The summed E-state index contributed by atoms with van der Waals surface area (Å²) in [5.41, 5.74) is 1.24. The monoisotopic (exact) mass is 390 g/mol. The molecule has 0 atom stereocenters. The molecule has 0 saturated heterocycles. The van der Waals surface area contributed by atoms with Crippen molar-refractivity contribution in [3.05, 3.63) is 94.6 Å². The van der Waals surface area contributed by atoms with Crippen molar-refractivity contribution in [2.24, 2.45) is 0 Å². The number of rotatable bonds is 4. The van der Waals surface area contributed by atoms with Gasteiger partial charge in [-0.25, -0.2) is 9.18 Å². The first kappa shape index (κ1) is 18.4. The van der Waals surface area contributed by atoms with Crippen molar-refractivity contribution in [1.82, 2.24) is 0 Å². The number of halogens is 1. The molecule has 0 aliphatic rings. The molecule has 5 nitrogen and oxygen atoms in total. The summed E-state index contributed by atoms with van der Waals surface area (Å²) in [5.74, 6) is -0.318. The van der Waals surface area contributed by atoms with Gasteiger partial charge in [0.15, 0.2) is 0 Å². The van der Waals surface area contributed by atoms with Gasteiger partial charge in [-0.3, -0.25) is 4.79 Å². The maximum Gasteiger partial charge on any atom is 0.343 e. The average Bonchev–Trinajstić information content (AvgIpc) is 2.74. The molecule has 3 aromatic carbocycles. The number of hydrogen-bond acceptors (Lipinski definition) is 5. The van der Waals surface area contributed by atoms with E-state index in [4.69, 9.17) is 13.9 Å². The topological polar surface area (TPSA) is 65.7 Å². The molecule has 0 aliphatic carbocycles. The third-order valence-electron chi connectivity index (χ3n) is 4.43. The Bertz CT molecular complexity index is 1260. The highest BCUT2D eigenvalue weighted by Gasteiger charge is 2.15. The van der Waals surface area contributed by atoms with Crippen molar-refractivity contribution >= 4 is 16.9 Å². The molecule has 0 saturated carbocycles. The van der Waals surface area contributed by atoms with Gasteiger partial charge in [-0.1, -0.05) is 18.2 Å². The van der Waals surface area contributed by atoms with E-state index in [2.05, 4.69) is 0 Å². The van der Waals surface area contributed by atoms with Crippen molar-refractivity contribution in [3.8, 4) is 22.6 Å². The predicted octanol–water partition coefficient (Wildman–Crippen LogP) is 4.83. The van der Waals surface area contributed by atoms with E-state index in [-0.39, 0.29) is 22.3 Å². The fourth-order valence-electron chi connectivity index (χ4n) is 2.98. The summed E-state index contributed by atoms with van der Waals surface area (Å²) in [4.78, 5) is 25.1. The van der Waals surface area contributed by atoms with Gasteiger partial charge in [0.2, 0.25) is 5.43 Å².